The van der Waals surface area contributed by atoms with Gasteiger partial charge in [-0.15, -0.1) is 0 Å². The predicted octanol–water partition coefficient (Wildman–Crippen LogP) is 3.60. The fourth-order valence-electron chi connectivity index (χ4n) is 4.62. The molecule has 2 fully saturated rings. The number of rotatable bonds is 6. The van der Waals surface area contributed by atoms with Gasteiger partial charge in [0, 0.05) is 57.1 Å². The Morgan fingerprint density at radius 1 is 0.935 bits per heavy atom. The second-order valence-corrected chi connectivity index (χ2v) is 9.32. The van der Waals surface area contributed by atoms with E-state index in [4.69, 9.17) is 0 Å². The molecule has 31 heavy (non-hydrogen) atoms. The van der Waals surface area contributed by atoms with Gasteiger partial charge in [-0.1, -0.05) is 31.2 Å². The number of hydrogen-bond donors (Lipinski definition) is 1. The molecule has 4 rings (SSSR count). The molecule has 2 aromatic carbocycles. The van der Waals surface area contributed by atoms with Crippen LogP contribution in [0.4, 0.5) is 5.69 Å². The van der Waals surface area contributed by atoms with Gasteiger partial charge in [-0.3, -0.25) is 9.69 Å². The molecular formula is C26H36N4O. The van der Waals surface area contributed by atoms with Crippen LogP contribution in [0.15, 0.2) is 48.5 Å². The minimum Gasteiger partial charge on any atom is -0.369 e. The summed E-state index contributed by atoms with van der Waals surface area (Å²) >= 11 is 0. The van der Waals surface area contributed by atoms with Crippen LogP contribution >= 0.6 is 0 Å². The highest BCUT2D eigenvalue weighted by Crippen LogP contribution is 2.19. The first kappa shape index (κ1) is 21.8. The molecule has 0 saturated carbocycles. The highest BCUT2D eigenvalue weighted by atomic mass is 16.1. The van der Waals surface area contributed by atoms with Crippen LogP contribution in [0.5, 0.6) is 0 Å². The summed E-state index contributed by atoms with van der Waals surface area (Å²) in [5.41, 5.74) is 4.40. The van der Waals surface area contributed by atoms with Crippen LogP contribution in [-0.2, 0) is 13.1 Å². The first-order valence-corrected chi connectivity index (χ1v) is 11.7. The Morgan fingerprint density at radius 2 is 1.61 bits per heavy atom. The fraction of sp³-hybridized carbons (Fsp3) is 0.500. The molecule has 2 aliphatic rings. The number of carbonyl (C=O) groups excluding carboxylic acids is 1. The lowest BCUT2D eigenvalue weighted by Gasteiger charge is -2.34. The minimum atomic E-state index is -0.0127. The van der Waals surface area contributed by atoms with Crippen molar-refractivity contribution < 1.29 is 4.79 Å². The molecule has 2 aromatic rings. The van der Waals surface area contributed by atoms with Gasteiger partial charge in [0.25, 0.3) is 5.91 Å². The zero-order chi connectivity index (χ0) is 21.6. The smallest absolute Gasteiger partial charge is 0.251 e. The summed E-state index contributed by atoms with van der Waals surface area (Å²) in [5.74, 6) is 0.774. The third-order valence-corrected chi connectivity index (χ3v) is 6.62. The van der Waals surface area contributed by atoms with Crippen LogP contribution in [-0.4, -0.2) is 62.0 Å². The molecule has 166 valence electrons. The third-order valence-electron chi connectivity index (χ3n) is 6.62. The molecule has 5 heteroatoms. The summed E-state index contributed by atoms with van der Waals surface area (Å²) in [5, 5.41) is 3.06. The Balaban J connectivity index is 1.25. The summed E-state index contributed by atoms with van der Waals surface area (Å²) < 4.78 is 0. The highest BCUT2D eigenvalue weighted by Gasteiger charge is 2.17. The van der Waals surface area contributed by atoms with E-state index in [1.807, 2.05) is 12.1 Å². The number of piperazine rings is 1. The molecule has 2 aliphatic heterocycles. The summed E-state index contributed by atoms with van der Waals surface area (Å²) in [6.07, 6.45) is 2.63. The van der Waals surface area contributed by atoms with Crippen molar-refractivity contribution in [3.63, 3.8) is 0 Å². The number of benzene rings is 2. The summed E-state index contributed by atoms with van der Waals surface area (Å²) in [6.45, 7) is 10.6. The highest BCUT2D eigenvalue weighted by molar-refractivity contribution is 5.94. The van der Waals surface area contributed by atoms with E-state index < -0.39 is 0 Å². The maximum atomic E-state index is 12.6. The average molecular weight is 421 g/mol. The largest absolute Gasteiger partial charge is 0.369 e. The van der Waals surface area contributed by atoms with Gasteiger partial charge >= 0.3 is 0 Å². The monoisotopic (exact) mass is 420 g/mol. The van der Waals surface area contributed by atoms with Crippen molar-refractivity contribution in [2.24, 2.45) is 5.92 Å². The molecule has 0 aliphatic carbocycles. The summed E-state index contributed by atoms with van der Waals surface area (Å²) in [6, 6.07) is 16.7. The van der Waals surface area contributed by atoms with Crippen molar-refractivity contribution in [3.05, 3.63) is 65.2 Å². The van der Waals surface area contributed by atoms with Crippen molar-refractivity contribution in [2.75, 3.05) is 51.2 Å². The van der Waals surface area contributed by atoms with Crippen LogP contribution in [0, 0.1) is 5.92 Å². The average Bonchev–Trinajstić information content (AvgIpc) is 2.79. The summed E-state index contributed by atoms with van der Waals surface area (Å²) in [7, 11) is 2.17. The van der Waals surface area contributed by atoms with Crippen LogP contribution < -0.4 is 10.2 Å². The Bertz CT molecular complexity index is 841. The molecule has 5 nitrogen and oxygen atoms in total. The summed E-state index contributed by atoms with van der Waals surface area (Å²) in [4.78, 5) is 19.9. The van der Waals surface area contributed by atoms with Gasteiger partial charge in [-0.05, 0) is 67.7 Å². The van der Waals surface area contributed by atoms with Crippen LogP contribution in [0.3, 0.4) is 0 Å². The number of carbonyl (C=O) groups is 1. The Labute approximate surface area is 187 Å². The molecule has 0 spiro atoms. The molecule has 0 aromatic heterocycles. The predicted molar refractivity (Wildman–Crippen MR) is 127 cm³/mol. The molecule has 0 bridgehead atoms. The lowest BCUT2D eigenvalue weighted by atomic mass is 9.99. The Morgan fingerprint density at radius 3 is 2.29 bits per heavy atom. The zero-order valence-electron chi connectivity index (χ0n) is 19.0. The molecule has 0 radical (unpaired) electrons. The van der Waals surface area contributed by atoms with Crippen molar-refractivity contribution in [1.82, 2.24) is 15.1 Å². The normalized spacial score (nSPS) is 20.6. The van der Waals surface area contributed by atoms with Gasteiger partial charge in [0.2, 0.25) is 0 Å². The van der Waals surface area contributed by atoms with E-state index in [1.165, 1.54) is 37.2 Å². The quantitative estimate of drug-likeness (QED) is 0.775. The van der Waals surface area contributed by atoms with Crippen LogP contribution in [0.2, 0.25) is 0 Å². The number of hydrogen-bond acceptors (Lipinski definition) is 4. The van der Waals surface area contributed by atoms with Crippen molar-refractivity contribution in [1.29, 1.82) is 0 Å². The second-order valence-electron chi connectivity index (χ2n) is 9.32. The number of anilines is 1. The molecule has 1 unspecified atom stereocenters. The number of nitrogens with one attached hydrogen (secondary N) is 1. The fourth-order valence-corrected chi connectivity index (χ4v) is 4.62. The number of piperidine rings is 1. The Hall–Kier alpha value is -2.37. The van der Waals surface area contributed by atoms with Gasteiger partial charge in [0.05, 0.1) is 0 Å². The molecular weight excluding hydrogens is 384 g/mol. The zero-order valence-corrected chi connectivity index (χ0v) is 19.0. The lowest BCUT2D eigenvalue weighted by Crippen LogP contribution is -2.44. The molecule has 2 saturated heterocycles. The van der Waals surface area contributed by atoms with Crippen molar-refractivity contribution in [2.45, 2.75) is 32.9 Å². The van der Waals surface area contributed by atoms with Crippen LogP contribution in [0.25, 0.3) is 0 Å². The second kappa shape index (κ2) is 10.3. The standard InChI is InChI=1S/C26H36N4O/c1-21-4-3-13-29(19-21)20-23-5-9-24(10-6-23)26(31)27-18-22-7-11-25(12-8-22)30-16-14-28(2)15-17-30/h5-12,21H,3-4,13-20H2,1-2H3,(H,27,31). The number of nitrogens with zero attached hydrogens (tertiary/aromatic N) is 3. The van der Waals surface area contributed by atoms with Crippen LogP contribution in [0.1, 0.15) is 41.3 Å². The van der Waals surface area contributed by atoms with Crippen molar-refractivity contribution in [3.8, 4) is 0 Å². The minimum absolute atomic E-state index is 0.0127. The lowest BCUT2D eigenvalue weighted by molar-refractivity contribution is 0.0951. The van der Waals surface area contributed by atoms with E-state index in [1.54, 1.807) is 0 Å². The van der Waals surface area contributed by atoms with Gasteiger partial charge in [0.1, 0.15) is 0 Å². The third kappa shape index (κ3) is 6.08. The number of likely N-dealkylation sites (N-methyl/N-ethyl adjacent to an activating group) is 1. The van der Waals surface area contributed by atoms with E-state index in [9.17, 15) is 4.79 Å². The first-order chi connectivity index (χ1) is 15.1. The maximum Gasteiger partial charge on any atom is 0.251 e. The van der Waals surface area contributed by atoms with Crippen molar-refractivity contribution >= 4 is 11.6 Å². The van der Waals surface area contributed by atoms with E-state index in [2.05, 4.69) is 70.4 Å². The molecule has 1 amide bonds. The van der Waals surface area contributed by atoms with E-state index in [0.717, 1.165) is 49.8 Å². The molecule has 1 N–H and O–H groups in total. The maximum absolute atomic E-state index is 12.6. The number of likely N-dealkylation sites (tertiary alicyclic amines) is 1. The first-order valence-electron chi connectivity index (χ1n) is 11.7. The molecule has 2 heterocycles. The van der Waals surface area contributed by atoms with Gasteiger partial charge < -0.3 is 15.1 Å². The van der Waals surface area contributed by atoms with Gasteiger partial charge in [-0.2, -0.15) is 0 Å². The van der Waals surface area contributed by atoms with E-state index >= 15 is 0 Å². The van der Waals surface area contributed by atoms with E-state index in [0.29, 0.717) is 6.54 Å². The van der Waals surface area contributed by atoms with E-state index in [-0.39, 0.29) is 5.91 Å². The molecule has 1 atom stereocenters. The SMILES string of the molecule is CC1CCCN(Cc2ccc(C(=O)NCc3ccc(N4CCN(C)CC4)cc3)cc2)C1. The van der Waals surface area contributed by atoms with Gasteiger partial charge in [-0.25, -0.2) is 0 Å². The van der Waals surface area contributed by atoms with Gasteiger partial charge in [0.15, 0.2) is 0 Å². The number of amides is 1. The Kier molecular flexibility index (Phi) is 7.25. The topological polar surface area (TPSA) is 38.8 Å².